The lowest BCUT2D eigenvalue weighted by Crippen LogP contribution is -2.56. The third-order valence-electron chi connectivity index (χ3n) is 3.56. The van der Waals surface area contributed by atoms with E-state index in [0.717, 1.165) is 0 Å². The molecule has 0 aliphatic heterocycles. The van der Waals surface area contributed by atoms with Gasteiger partial charge in [-0.05, 0) is 18.8 Å². The summed E-state index contributed by atoms with van der Waals surface area (Å²) in [6, 6.07) is -3.41. The highest BCUT2D eigenvalue weighted by molar-refractivity contribution is 5.93. The fourth-order valence-electron chi connectivity index (χ4n) is 2.13. The van der Waals surface area contributed by atoms with Crippen LogP contribution < -0.4 is 33.6 Å². The average Bonchev–Trinajstić information content (AvgIpc) is 2.53. The molecule has 0 aromatic heterocycles. The molecule has 3 atom stereocenters. The summed E-state index contributed by atoms with van der Waals surface area (Å²) in [4.78, 5) is 50.4. The van der Waals surface area contributed by atoms with E-state index in [4.69, 9.17) is 22.9 Å². The number of nitrogens with one attached hydrogen (secondary N) is 2. The maximum atomic E-state index is 12.4. The molecule has 0 saturated heterocycles. The summed E-state index contributed by atoms with van der Waals surface area (Å²) in [5, 5.41) is 14.1. The molecular formula is C15H29N7O5. The van der Waals surface area contributed by atoms with Gasteiger partial charge in [-0.15, -0.1) is 0 Å². The van der Waals surface area contributed by atoms with Crippen molar-refractivity contribution in [3.8, 4) is 0 Å². The van der Waals surface area contributed by atoms with Crippen molar-refractivity contribution in [3.63, 3.8) is 0 Å². The first kappa shape index (κ1) is 24.1. The van der Waals surface area contributed by atoms with Crippen LogP contribution in [-0.4, -0.2) is 59.4 Å². The van der Waals surface area contributed by atoms with Crippen LogP contribution in [0.2, 0.25) is 0 Å². The number of primary amides is 1. The number of guanidine groups is 1. The first-order valence-corrected chi connectivity index (χ1v) is 8.38. The molecule has 27 heavy (non-hydrogen) atoms. The standard InChI is InChI=1S/C15H29N7O5/c1-7(2)11(22-12(24)8(16)6-10(17)23)13(25)21-9(14(26)27)4-3-5-20-15(18)19/h7-9,11H,3-6,16H2,1-2H3,(H2,17,23)(H,21,25)(H,22,24)(H,26,27)(H4,18,19,20)/t8-,9-,11-/m0/s1. The first-order chi connectivity index (χ1) is 12.5. The summed E-state index contributed by atoms with van der Waals surface area (Å²) in [7, 11) is 0. The van der Waals surface area contributed by atoms with Crippen LogP contribution in [0.25, 0.3) is 0 Å². The van der Waals surface area contributed by atoms with E-state index in [-0.39, 0.29) is 31.3 Å². The van der Waals surface area contributed by atoms with E-state index < -0.39 is 41.8 Å². The molecule has 0 bridgehead atoms. The van der Waals surface area contributed by atoms with Gasteiger partial charge in [0.2, 0.25) is 17.7 Å². The lowest BCUT2D eigenvalue weighted by atomic mass is 10.0. The predicted molar refractivity (Wildman–Crippen MR) is 98.0 cm³/mol. The molecule has 0 fully saturated rings. The summed E-state index contributed by atoms with van der Waals surface area (Å²) in [6.07, 6.45) is 0.0515. The lowest BCUT2D eigenvalue weighted by molar-refractivity contribution is -0.142. The summed E-state index contributed by atoms with van der Waals surface area (Å²) in [5.41, 5.74) is 20.9. The molecule has 0 unspecified atom stereocenters. The Hall–Kier alpha value is -2.89. The van der Waals surface area contributed by atoms with Crippen LogP contribution in [-0.2, 0) is 19.2 Å². The van der Waals surface area contributed by atoms with E-state index >= 15 is 0 Å². The van der Waals surface area contributed by atoms with Crippen LogP contribution in [0.3, 0.4) is 0 Å². The Kier molecular flexibility index (Phi) is 10.4. The minimum Gasteiger partial charge on any atom is -0.480 e. The summed E-state index contributed by atoms with van der Waals surface area (Å²) in [6.45, 7) is 3.55. The van der Waals surface area contributed by atoms with Crippen molar-refractivity contribution >= 4 is 29.7 Å². The molecular weight excluding hydrogens is 358 g/mol. The highest BCUT2D eigenvalue weighted by Gasteiger charge is 2.30. The van der Waals surface area contributed by atoms with Gasteiger partial charge in [-0.3, -0.25) is 19.4 Å². The molecule has 0 heterocycles. The molecule has 0 aromatic carbocycles. The number of carboxylic acid groups (broad SMARTS) is 1. The maximum absolute atomic E-state index is 12.4. The topological polar surface area (TPSA) is 229 Å². The molecule has 3 amide bonds. The molecule has 0 aliphatic rings. The van der Waals surface area contributed by atoms with Crippen molar-refractivity contribution in [2.24, 2.45) is 33.8 Å². The molecule has 0 saturated carbocycles. The number of rotatable bonds is 12. The smallest absolute Gasteiger partial charge is 0.326 e. The number of hydrogen-bond donors (Lipinski definition) is 7. The Balaban J connectivity index is 4.91. The van der Waals surface area contributed by atoms with Crippen molar-refractivity contribution in [1.82, 2.24) is 10.6 Å². The van der Waals surface area contributed by atoms with Gasteiger partial charge in [-0.25, -0.2) is 4.79 Å². The Morgan fingerprint density at radius 1 is 1.04 bits per heavy atom. The van der Waals surface area contributed by atoms with Gasteiger partial charge >= 0.3 is 5.97 Å². The van der Waals surface area contributed by atoms with Crippen molar-refractivity contribution in [2.75, 3.05) is 6.54 Å². The largest absolute Gasteiger partial charge is 0.480 e. The van der Waals surface area contributed by atoms with E-state index in [1.165, 1.54) is 0 Å². The summed E-state index contributed by atoms with van der Waals surface area (Å²) < 4.78 is 0. The third-order valence-corrected chi connectivity index (χ3v) is 3.56. The van der Waals surface area contributed by atoms with Gasteiger partial charge in [-0.2, -0.15) is 0 Å². The summed E-state index contributed by atoms with van der Waals surface area (Å²) >= 11 is 0. The SMILES string of the molecule is CC(C)[C@H](NC(=O)[C@@H](N)CC(N)=O)C(=O)N[C@@H](CCCN=C(N)N)C(=O)O. The fraction of sp³-hybridized carbons (Fsp3) is 0.667. The van der Waals surface area contributed by atoms with Crippen molar-refractivity contribution < 1.29 is 24.3 Å². The average molecular weight is 387 g/mol. The van der Waals surface area contributed by atoms with Gasteiger partial charge in [0.25, 0.3) is 0 Å². The van der Waals surface area contributed by atoms with Crippen LogP contribution in [0.5, 0.6) is 0 Å². The Morgan fingerprint density at radius 2 is 1.63 bits per heavy atom. The van der Waals surface area contributed by atoms with E-state index in [2.05, 4.69) is 15.6 Å². The van der Waals surface area contributed by atoms with Gasteiger partial charge in [0.1, 0.15) is 12.1 Å². The van der Waals surface area contributed by atoms with Crippen LogP contribution in [0.4, 0.5) is 0 Å². The fourth-order valence-corrected chi connectivity index (χ4v) is 2.13. The number of carbonyl (C=O) groups excluding carboxylic acids is 3. The van der Waals surface area contributed by atoms with Gasteiger partial charge in [0.05, 0.1) is 12.5 Å². The maximum Gasteiger partial charge on any atom is 0.326 e. The molecule has 11 N–H and O–H groups in total. The predicted octanol–water partition coefficient (Wildman–Crippen LogP) is -3.05. The molecule has 12 nitrogen and oxygen atoms in total. The number of amides is 3. The minimum atomic E-state index is -1.23. The number of carboxylic acids is 1. The zero-order valence-electron chi connectivity index (χ0n) is 15.5. The van der Waals surface area contributed by atoms with Gasteiger partial charge in [0.15, 0.2) is 5.96 Å². The van der Waals surface area contributed by atoms with E-state index in [9.17, 15) is 24.3 Å². The van der Waals surface area contributed by atoms with E-state index in [1.54, 1.807) is 13.8 Å². The Labute approximate surface area is 157 Å². The zero-order valence-corrected chi connectivity index (χ0v) is 15.5. The molecule has 0 aliphatic carbocycles. The lowest BCUT2D eigenvalue weighted by Gasteiger charge is -2.25. The minimum absolute atomic E-state index is 0.0950. The molecule has 0 aromatic rings. The number of nitrogens with zero attached hydrogens (tertiary/aromatic N) is 1. The highest BCUT2D eigenvalue weighted by atomic mass is 16.4. The van der Waals surface area contributed by atoms with Crippen LogP contribution in [0.15, 0.2) is 4.99 Å². The second kappa shape index (κ2) is 11.7. The van der Waals surface area contributed by atoms with Gasteiger partial charge < -0.3 is 38.7 Å². The van der Waals surface area contributed by atoms with E-state index in [0.29, 0.717) is 6.42 Å². The Morgan fingerprint density at radius 3 is 2.07 bits per heavy atom. The van der Waals surface area contributed by atoms with E-state index in [1.807, 2.05) is 0 Å². The van der Waals surface area contributed by atoms with Crippen LogP contribution in [0.1, 0.15) is 33.1 Å². The van der Waals surface area contributed by atoms with Gasteiger partial charge in [-0.1, -0.05) is 13.8 Å². The van der Waals surface area contributed by atoms with Crippen molar-refractivity contribution in [1.29, 1.82) is 0 Å². The van der Waals surface area contributed by atoms with Crippen molar-refractivity contribution in [3.05, 3.63) is 0 Å². The highest BCUT2D eigenvalue weighted by Crippen LogP contribution is 2.06. The normalized spacial score (nSPS) is 13.9. The second-order valence-corrected chi connectivity index (χ2v) is 6.36. The third kappa shape index (κ3) is 9.99. The number of aliphatic imine (C=N–C) groups is 1. The van der Waals surface area contributed by atoms with Crippen molar-refractivity contribution in [2.45, 2.75) is 51.2 Å². The molecule has 0 radical (unpaired) electrons. The quantitative estimate of drug-likeness (QED) is 0.103. The number of hydrogen-bond acceptors (Lipinski definition) is 6. The number of carbonyl (C=O) groups is 4. The van der Waals surface area contributed by atoms with Gasteiger partial charge in [0, 0.05) is 6.54 Å². The second-order valence-electron chi connectivity index (χ2n) is 6.36. The molecule has 12 heteroatoms. The number of aliphatic carboxylic acids is 1. The molecule has 0 spiro atoms. The Bertz CT molecular complexity index is 575. The molecule has 0 rings (SSSR count). The molecule has 154 valence electrons. The van der Waals surface area contributed by atoms with Crippen LogP contribution >= 0.6 is 0 Å². The first-order valence-electron chi connectivity index (χ1n) is 8.38. The van der Waals surface area contributed by atoms with Crippen LogP contribution in [0, 0.1) is 5.92 Å². The number of nitrogens with two attached hydrogens (primary N) is 4. The zero-order chi connectivity index (χ0) is 21.1. The monoisotopic (exact) mass is 387 g/mol. The summed E-state index contributed by atoms with van der Waals surface area (Å²) in [5.74, 6) is -3.87.